The average molecular weight is 320 g/mol. The lowest BCUT2D eigenvalue weighted by molar-refractivity contribution is -0.174. The van der Waals surface area contributed by atoms with Crippen LogP contribution in [0, 0.1) is 0 Å². The predicted octanol–water partition coefficient (Wildman–Crippen LogP) is 1.67. The van der Waals surface area contributed by atoms with E-state index in [0.717, 1.165) is 13.0 Å². The van der Waals surface area contributed by atoms with Crippen LogP contribution in [0.3, 0.4) is 0 Å². The summed E-state index contributed by atoms with van der Waals surface area (Å²) in [6.07, 6.45) is -1.62. The third kappa shape index (κ3) is 5.30. The second-order valence-electron chi connectivity index (χ2n) is 5.27. The summed E-state index contributed by atoms with van der Waals surface area (Å²) in [5, 5.41) is 6.88. The van der Waals surface area contributed by atoms with Crippen molar-refractivity contribution in [2.75, 3.05) is 38.2 Å². The molecule has 0 unspecified atom stereocenters. The van der Waals surface area contributed by atoms with Gasteiger partial charge in [0.15, 0.2) is 5.82 Å². The fraction of sp³-hybridized carbons (Fsp3) is 0.692. The normalized spacial score (nSPS) is 19.5. The number of halogens is 3. The van der Waals surface area contributed by atoms with Gasteiger partial charge in [-0.15, -0.1) is 0 Å². The number of nitrogens with zero attached hydrogens (tertiary/aromatic N) is 3. The number of aromatic nitrogens is 2. The van der Waals surface area contributed by atoms with E-state index in [1.54, 1.807) is 16.9 Å². The van der Waals surface area contributed by atoms with E-state index in [-0.39, 0.29) is 18.6 Å². The molecule has 1 N–H and O–H groups in total. The van der Waals surface area contributed by atoms with Gasteiger partial charge in [0.1, 0.15) is 6.61 Å². The molecule has 124 valence electrons. The quantitative estimate of drug-likeness (QED) is 0.810. The maximum absolute atomic E-state index is 12.0. The fourth-order valence-electron chi connectivity index (χ4n) is 2.40. The van der Waals surface area contributed by atoms with Crippen molar-refractivity contribution in [2.24, 2.45) is 0 Å². The summed E-state index contributed by atoms with van der Waals surface area (Å²) in [6, 6.07) is 1.88. The molecule has 2 heterocycles. The van der Waals surface area contributed by atoms with Crippen molar-refractivity contribution < 1.29 is 22.7 Å². The number of likely N-dealkylation sites (tertiary alicyclic amines) is 1. The highest BCUT2D eigenvalue weighted by molar-refractivity contribution is 5.87. The minimum Gasteiger partial charge on any atom is -0.371 e. The van der Waals surface area contributed by atoms with Crippen LogP contribution >= 0.6 is 0 Å². The molecule has 1 aliphatic heterocycles. The fourth-order valence-corrected chi connectivity index (χ4v) is 2.40. The zero-order chi connectivity index (χ0) is 16.2. The molecule has 0 bridgehead atoms. The van der Waals surface area contributed by atoms with Crippen LogP contribution in [0.4, 0.5) is 19.0 Å². The average Bonchev–Trinajstić information content (AvgIpc) is 3.01. The third-order valence-corrected chi connectivity index (χ3v) is 3.35. The Bertz CT molecular complexity index is 504. The van der Waals surface area contributed by atoms with E-state index in [1.807, 2.05) is 4.90 Å². The van der Waals surface area contributed by atoms with Crippen LogP contribution in [0.5, 0.6) is 0 Å². The summed E-state index contributed by atoms with van der Waals surface area (Å²) in [5.41, 5.74) is 0. The van der Waals surface area contributed by atoms with Crippen LogP contribution in [0.25, 0.3) is 0 Å². The van der Waals surface area contributed by atoms with Gasteiger partial charge in [-0.3, -0.25) is 14.4 Å². The van der Waals surface area contributed by atoms with Gasteiger partial charge in [-0.25, -0.2) is 0 Å². The first-order valence-electron chi connectivity index (χ1n) is 7.03. The van der Waals surface area contributed by atoms with E-state index in [2.05, 4.69) is 15.2 Å². The van der Waals surface area contributed by atoms with E-state index < -0.39 is 12.8 Å². The van der Waals surface area contributed by atoms with E-state index in [9.17, 15) is 18.0 Å². The molecule has 0 spiro atoms. The Morgan fingerprint density at radius 2 is 2.32 bits per heavy atom. The number of nitrogens with one attached hydrogen (secondary N) is 1. The summed E-state index contributed by atoms with van der Waals surface area (Å²) in [7, 11) is 0. The Morgan fingerprint density at radius 1 is 1.55 bits per heavy atom. The molecule has 0 aromatic carbocycles. The van der Waals surface area contributed by atoms with Crippen LogP contribution in [-0.4, -0.2) is 59.6 Å². The van der Waals surface area contributed by atoms with Crippen molar-refractivity contribution >= 4 is 11.7 Å². The van der Waals surface area contributed by atoms with E-state index in [1.165, 1.54) is 6.92 Å². The number of amides is 1. The Morgan fingerprint density at radius 3 is 3.00 bits per heavy atom. The highest BCUT2D eigenvalue weighted by atomic mass is 19.4. The van der Waals surface area contributed by atoms with Gasteiger partial charge in [0.2, 0.25) is 5.91 Å². The van der Waals surface area contributed by atoms with Crippen molar-refractivity contribution in [3.8, 4) is 0 Å². The third-order valence-electron chi connectivity index (χ3n) is 3.35. The zero-order valence-electron chi connectivity index (χ0n) is 12.3. The summed E-state index contributed by atoms with van der Waals surface area (Å²) >= 11 is 0. The number of anilines is 1. The van der Waals surface area contributed by atoms with Crippen LogP contribution in [0.1, 0.15) is 19.4 Å². The van der Waals surface area contributed by atoms with Gasteiger partial charge < -0.3 is 10.1 Å². The minimum absolute atomic E-state index is 0.0580. The van der Waals surface area contributed by atoms with Gasteiger partial charge in [0.25, 0.3) is 0 Å². The molecule has 0 aliphatic carbocycles. The number of hydrogen-bond donors (Lipinski definition) is 1. The number of hydrogen-bond acceptors (Lipinski definition) is 4. The molecular weight excluding hydrogens is 301 g/mol. The first-order valence-corrected chi connectivity index (χ1v) is 7.03. The number of carbonyl (C=O) groups excluding carboxylic acids is 1. The first-order chi connectivity index (χ1) is 10.3. The second kappa shape index (κ2) is 7.10. The lowest BCUT2D eigenvalue weighted by atomic mass is 10.3. The second-order valence-corrected chi connectivity index (χ2v) is 5.27. The van der Waals surface area contributed by atoms with Crippen LogP contribution < -0.4 is 5.32 Å². The first kappa shape index (κ1) is 16.8. The Labute approximate surface area is 126 Å². The highest BCUT2D eigenvalue weighted by Crippen LogP contribution is 2.21. The molecule has 9 heteroatoms. The van der Waals surface area contributed by atoms with Crippen LogP contribution in [0.2, 0.25) is 0 Å². The van der Waals surface area contributed by atoms with Crippen molar-refractivity contribution in [3.63, 3.8) is 0 Å². The van der Waals surface area contributed by atoms with Crippen molar-refractivity contribution in [2.45, 2.75) is 25.6 Å². The summed E-state index contributed by atoms with van der Waals surface area (Å²) in [6.45, 7) is 2.22. The molecule has 1 aromatic heterocycles. The molecule has 0 saturated carbocycles. The van der Waals surface area contributed by atoms with Crippen molar-refractivity contribution in [1.82, 2.24) is 14.7 Å². The Kier molecular flexibility index (Phi) is 5.41. The van der Waals surface area contributed by atoms with Crippen molar-refractivity contribution in [1.29, 1.82) is 0 Å². The summed E-state index contributed by atoms with van der Waals surface area (Å²) in [5.74, 6) is 0.319. The standard InChI is InChI=1S/C13H19F3N4O2/c1-10(21)17-12-3-5-20(18-12)11-2-4-19(8-11)6-7-22-9-13(14,15)16/h3,5,11H,2,4,6-9H2,1H3,(H,17,18,21)/t11-/m1/s1. The molecule has 1 aliphatic rings. The van der Waals surface area contributed by atoms with E-state index in [4.69, 9.17) is 0 Å². The maximum atomic E-state index is 12.0. The predicted molar refractivity (Wildman–Crippen MR) is 73.5 cm³/mol. The molecular formula is C13H19F3N4O2. The van der Waals surface area contributed by atoms with Gasteiger partial charge in [-0.05, 0) is 6.42 Å². The topological polar surface area (TPSA) is 59.4 Å². The monoisotopic (exact) mass is 320 g/mol. The SMILES string of the molecule is CC(=O)Nc1ccn([C@@H]2CCN(CCOCC(F)(F)F)C2)n1. The molecule has 2 rings (SSSR count). The lowest BCUT2D eigenvalue weighted by Gasteiger charge is -2.16. The van der Waals surface area contributed by atoms with Crippen molar-refractivity contribution in [3.05, 3.63) is 12.3 Å². The van der Waals surface area contributed by atoms with Gasteiger partial charge >= 0.3 is 6.18 Å². The maximum Gasteiger partial charge on any atom is 0.411 e. The molecule has 22 heavy (non-hydrogen) atoms. The summed E-state index contributed by atoms with van der Waals surface area (Å²) in [4.78, 5) is 13.0. The molecule has 1 atom stereocenters. The molecule has 1 amide bonds. The van der Waals surface area contributed by atoms with Gasteiger partial charge in [0, 0.05) is 38.8 Å². The van der Waals surface area contributed by atoms with E-state index in [0.29, 0.717) is 18.9 Å². The summed E-state index contributed by atoms with van der Waals surface area (Å²) < 4.78 is 42.2. The molecule has 1 fully saturated rings. The molecule has 6 nitrogen and oxygen atoms in total. The Hall–Kier alpha value is -1.61. The van der Waals surface area contributed by atoms with Gasteiger partial charge in [-0.2, -0.15) is 18.3 Å². The lowest BCUT2D eigenvalue weighted by Crippen LogP contribution is -2.27. The van der Waals surface area contributed by atoms with Gasteiger partial charge in [0.05, 0.1) is 12.6 Å². The number of carbonyl (C=O) groups is 1. The number of rotatable bonds is 6. The molecule has 1 saturated heterocycles. The van der Waals surface area contributed by atoms with E-state index >= 15 is 0 Å². The van der Waals surface area contributed by atoms with Crippen LogP contribution in [-0.2, 0) is 9.53 Å². The molecule has 1 aromatic rings. The largest absolute Gasteiger partial charge is 0.411 e. The molecule has 0 radical (unpaired) electrons. The highest BCUT2D eigenvalue weighted by Gasteiger charge is 2.28. The number of alkyl halides is 3. The minimum atomic E-state index is -4.28. The van der Waals surface area contributed by atoms with Crippen LogP contribution in [0.15, 0.2) is 12.3 Å². The Balaban J connectivity index is 1.73. The van der Waals surface area contributed by atoms with Gasteiger partial charge in [-0.1, -0.05) is 0 Å². The number of ether oxygens (including phenoxy) is 1. The zero-order valence-corrected chi connectivity index (χ0v) is 12.3. The smallest absolute Gasteiger partial charge is 0.371 e.